The van der Waals surface area contributed by atoms with E-state index in [-0.39, 0.29) is 11.9 Å². The number of nitrogens with one attached hydrogen (secondary N) is 1. The fourth-order valence-electron chi connectivity index (χ4n) is 2.77. The van der Waals surface area contributed by atoms with Gasteiger partial charge in [-0.05, 0) is 12.8 Å². The third-order valence-corrected chi connectivity index (χ3v) is 4.17. The number of amides is 1. The molecule has 9 heteroatoms. The summed E-state index contributed by atoms with van der Waals surface area (Å²) in [7, 11) is 4.91. The van der Waals surface area contributed by atoms with Crippen molar-refractivity contribution in [1.82, 2.24) is 25.1 Å². The van der Waals surface area contributed by atoms with Gasteiger partial charge in [-0.1, -0.05) is 0 Å². The molecule has 3 heterocycles. The molecular weight excluding hydrogens is 324 g/mol. The second-order valence-corrected chi connectivity index (χ2v) is 5.89. The first-order valence-electron chi connectivity index (χ1n) is 8.10. The minimum atomic E-state index is -0.0918. The number of carbonyl (C=O) groups excluding carboxylic acids is 1. The fraction of sp³-hybridized carbons (Fsp3) is 0.500. The van der Waals surface area contributed by atoms with Crippen molar-refractivity contribution in [3.63, 3.8) is 0 Å². The lowest BCUT2D eigenvalue weighted by molar-refractivity contribution is 0.0931. The van der Waals surface area contributed by atoms with Crippen LogP contribution in [0.25, 0.3) is 0 Å². The standard InChI is InChI=1S/C16H22N6O3/c1-21-10-11(9-17-21)15(23)18-12-4-6-22(7-5-12)16-19-13(24-2)8-14(20-16)25-3/h8-10,12H,4-7H2,1-3H3,(H,18,23). The summed E-state index contributed by atoms with van der Waals surface area (Å²) < 4.78 is 12.0. The van der Waals surface area contributed by atoms with Crippen LogP contribution in [0.5, 0.6) is 11.8 Å². The molecule has 0 saturated carbocycles. The Labute approximate surface area is 146 Å². The van der Waals surface area contributed by atoms with Crippen LogP contribution < -0.4 is 19.7 Å². The summed E-state index contributed by atoms with van der Waals surface area (Å²) in [5.41, 5.74) is 0.575. The summed E-state index contributed by atoms with van der Waals surface area (Å²) in [6, 6.07) is 1.76. The van der Waals surface area contributed by atoms with E-state index in [2.05, 4.69) is 25.3 Å². The van der Waals surface area contributed by atoms with Crippen molar-refractivity contribution in [1.29, 1.82) is 0 Å². The molecule has 1 N–H and O–H groups in total. The SMILES string of the molecule is COc1cc(OC)nc(N2CCC(NC(=O)c3cnn(C)c3)CC2)n1. The normalized spacial score (nSPS) is 15.1. The highest BCUT2D eigenvalue weighted by molar-refractivity contribution is 5.93. The van der Waals surface area contributed by atoms with Gasteiger partial charge in [0.05, 0.1) is 32.0 Å². The number of nitrogens with zero attached hydrogens (tertiary/aromatic N) is 5. The molecule has 2 aromatic heterocycles. The Balaban J connectivity index is 1.59. The summed E-state index contributed by atoms with van der Waals surface area (Å²) in [5, 5.41) is 7.08. The third-order valence-electron chi connectivity index (χ3n) is 4.17. The van der Waals surface area contributed by atoms with E-state index < -0.39 is 0 Å². The van der Waals surface area contributed by atoms with Gasteiger partial charge in [-0.15, -0.1) is 0 Å². The van der Waals surface area contributed by atoms with Gasteiger partial charge in [0.25, 0.3) is 5.91 Å². The van der Waals surface area contributed by atoms with Crippen LogP contribution in [-0.2, 0) is 7.05 Å². The van der Waals surface area contributed by atoms with Crippen molar-refractivity contribution < 1.29 is 14.3 Å². The lowest BCUT2D eigenvalue weighted by atomic mass is 10.1. The summed E-state index contributed by atoms with van der Waals surface area (Å²) in [5.74, 6) is 1.42. The van der Waals surface area contributed by atoms with Crippen LogP contribution in [0.3, 0.4) is 0 Å². The van der Waals surface area contributed by atoms with Crippen LogP contribution in [0.4, 0.5) is 5.95 Å². The average molecular weight is 346 g/mol. The average Bonchev–Trinajstić information content (AvgIpc) is 3.08. The zero-order chi connectivity index (χ0) is 17.8. The van der Waals surface area contributed by atoms with Gasteiger partial charge in [-0.25, -0.2) is 0 Å². The Kier molecular flexibility index (Phi) is 5.01. The van der Waals surface area contributed by atoms with Gasteiger partial charge in [-0.2, -0.15) is 15.1 Å². The number of aromatic nitrogens is 4. The predicted octanol–water partition coefficient (Wildman–Crippen LogP) is 0.626. The molecule has 1 aliphatic rings. The van der Waals surface area contributed by atoms with Crippen LogP contribution in [0.15, 0.2) is 18.5 Å². The molecular formula is C16H22N6O3. The molecule has 1 amide bonds. The number of piperidine rings is 1. The number of ether oxygens (including phenoxy) is 2. The maximum atomic E-state index is 12.2. The molecule has 1 saturated heterocycles. The Morgan fingerprint density at radius 2 is 1.84 bits per heavy atom. The van der Waals surface area contributed by atoms with E-state index in [9.17, 15) is 4.79 Å². The van der Waals surface area contributed by atoms with Crippen molar-refractivity contribution in [3.8, 4) is 11.8 Å². The number of hydrogen-bond acceptors (Lipinski definition) is 7. The minimum absolute atomic E-state index is 0.0918. The molecule has 3 rings (SSSR count). The van der Waals surface area contributed by atoms with Crippen molar-refractivity contribution in [2.45, 2.75) is 18.9 Å². The first-order valence-corrected chi connectivity index (χ1v) is 8.10. The quantitative estimate of drug-likeness (QED) is 0.848. The van der Waals surface area contributed by atoms with Gasteiger partial charge in [0.15, 0.2) is 0 Å². The van der Waals surface area contributed by atoms with Crippen LogP contribution in [0.1, 0.15) is 23.2 Å². The maximum Gasteiger partial charge on any atom is 0.254 e. The van der Waals surface area contributed by atoms with E-state index in [1.807, 2.05) is 0 Å². The Morgan fingerprint density at radius 1 is 1.20 bits per heavy atom. The number of anilines is 1. The second-order valence-electron chi connectivity index (χ2n) is 5.89. The summed E-state index contributed by atoms with van der Waals surface area (Å²) in [4.78, 5) is 23.0. The van der Waals surface area contributed by atoms with E-state index in [1.54, 1.807) is 44.4 Å². The van der Waals surface area contributed by atoms with Gasteiger partial charge in [0.1, 0.15) is 0 Å². The van der Waals surface area contributed by atoms with Crippen LogP contribution in [-0.4, -0.2) is 59.0 Å². The van der Waals surface area contributed by atoms with E-state index >= 15 is 0 Å². The lowest BCUT2D eigenvalue weighted by Gasteiger charge is -2.32. The second kappa shape index (κ2) is 7.37. The van der Waals surface area contributed by atoms with Crippen molar-refractivity contribution in [3.05, 3.63) is 24.0 Å². The van der Waals surface area contributed by atoms with E-state index in [1.165, 1.54) is 0 Å². The lowest BCUT2D eigenvalue weighted by Crippen LogP contribution is -2.45. The molecule has 0 aliphatic carbocycles. The van der Waals surface area contributed by atoms with Gasteiger partial charge in [0, 0.05) is 32.4 Å². The van der Waals surface area contributed by atoms with E-state index in [0.717, 1.165) is 25.9 Å². The number of rotatable bonds is 5. The molecule has 0 spiro atoms. The largest absolute Gasteiger partial charge is 0.481 e. The van der Waals surface area contributed by atoms with Crippen LogP contribution in [0.2, 0.25) is 0 Å². The highest BCUT2D eigenvalue weighted by Gasteiger charge is 2.24. The van der Waals surface area contributed by atoms with Gasteiger partial charge in [0.2, 0.25) is 17.7 Å². The highest BCUT2D eigenvalue weighted by Crippen LogP contribution is 2.23. The number of methoxy groups -OCH3 is 2. The van der Waals surface area contributed by atoms with E-state index in [4.69, 9.17) is 9.47 Å². The molecule has 0 bridgehead atoms. The van der Waals surface area contributed by atoms with Crippen molar-refractivity contribution >= 4 is 11.9 Å². The Hall–Kier alpha value is -2.84. The Morgan fingerprint density at radius 3 is 2.36 bits per heavy atom. The van der Waals surface area contributed by atoms with Gasteiger partial charge < -0.3 is 19.7 Å². The molecule has 0 unspecified atom stereocenters. The third kappa shape index (κ3) is 3.98. The molecule has 0 atom stereocenters. The van der Waals surface area contributed by atoms with Crippen LogP contribution >= 0.6 is 0 Å². The first kappa shape index (κ1) is 17.0. The van der Waals surface area contributed by atoms with Gasteiger partial charge >= 0.3 is 0 Å². The fourth-order valence-corrected chi connectivity index (χ4v) is 2.77. The zero-order valence-electron chi connectivity index (χ0n) is 14.6. The zero-order valence-corrected chi connectivity index (χ0v) is 14.6. The van der Waals surface area contributed by atoms with Crippen LogP contribution in [0, 0.1) is 0 Å². The number of aryl methyl sites for hydroxylation is 1. The number of carbonyl (C=O) groups is 1. The number of hydrogen-bond donors (Lipinski definition) is 1. The molecule has 0 aromatic carbocycles. The monoisotopic (exact) mass is 346 g/mol. The topological polar surface area (TPSA) is 94.4 Å². The molecule has 25 heavy (non-hydrogen) atoms. The molecule has 1 fully saturated rings. The predicted molar refractivity (Wildman–Crippen MR) is 91.0 cm³/mol. The molecule has 134 valence electrons. The van der Waals surface area contributed by atoms with Crippen molar-refractivity contribution in [2.24, 2.45) is 7.05 Å². The maximum absolute atomic E-state index is 12.2. The first-order chi connectivity index (χ1) is 12.1. The molecule has 2 aromatic rings. The highest BCUT2D eigenvalue weighted by atomic mass is 16.5. The van der Waals surface area contributed by atoms with Gasteiger partial charge in [-0.3, -0.25) is 9.48 Å². The smallest absolute Gasteiger partial charge is 0.254 e. The molecule has 0 radical (unpaired) electrons. The summed E-state index contributed by atoms with van der Waals surface area (Å²) in [6.07, 6.45) is 4.91. The van der Waals surface area contributed by atoms with E-state index in [0.29, 0.717) is 23.3 Å². The summed E-state index contributed by atoms with van der Waals surface area (Å²) in [6.45, 7) is 1.49. The molecule has 9 nitrogen and oxygen atoms in total. The van der Waals surface area contributed by atoms with Crippen molar-refractivity contribution in [2.75, 3.05) is 32.2 Å². The summed E-state index contributed by atoms with van der Waals surface area (Å²) >= 11 is 0. The molecule has 1 aliphatic heterocycles. The Bertz CT molecular complexity index is 717. The minimum Gasteiger partial charge on any atom is -0.481 e.